The summed E-state index contributed by atoms with van der Waals surface area (Å²) in [5, 5.41) is 6.69. The number of azo groups is 1. The molecule has 0 heterocycles. The van der Waals surface area contributed by atoms with E-state index in [1.807, 2.05) is 0 Å². The maximum atomic E-state index is 13.7. The molecule has 20 heavy (non-hydrogen) atoms. The maximum absolute atomic E-state index is 13.7. The lowest BCUT2D eigenvalue weighted by Crippen LogP contribution is -2.33. The zero-order valence-electron chi connectivity index (χ0n) is 10.5. The predicted molar refractivity (Wildman–Crippen MR) is 64.8 cm³/mol. The molecule has 7 heteroatoms. The molecule has 0 aromatic rings. The summed E-state index contributed by atoms with van der Waals surface area (Å²) in [6.45, 7) is 0. The molecule has 0 saturated heterocycles. The van der Waals surface area contributed by atoms with Crippen LogP contribution in [0.25, 0.3) is 0 Å². The largest absolute Gasteiger partial charge is 0.497 e. The van der Waals surface area contributed by atoms with Crippen molar-refractivity contribution < 1.29 is 22.3 Å². The van der Waals surface area contributed by atoms with E-state index in [4.69, 9.17) is 0 Å². The zero-order valence-corrected chi connectivity index (χ0v) is 10.5. The Hall–Kier alpha value is -1.92. The molecule has 0 aromatic carbocycles. The highest BCUT2D eigenvalue weighted by molar-refractivity contribution is 5.27. The highest BCUT2D eigenvalue weighted by Gasteiger charge is 2.41. The molecule has 2 aliphatic carbocycles. The van der Waals surface area contributed by atoms with Crippen molar-refractivity contribution in [3.8, 4) is 0 Å². The molecule has 0 aliphatic heterocycles. The van der Waals surface area contributed by atoms with E-state index in [1.54, 1.807) is 0 Å². The van der Waals surface area contributed by atoms with Crippen LogP contribution in [0.4, 0.5) is 17.6 Å². The van der Waals surface area contributed by atoms with E-state index in [-0.39, 0.29) is 5.76 Å². The first-order valence-corrected chi connectivity index (χ1v) is 5.82. The molecule has 2 atom stereocenters. The Kier molecular flexibility index (Phi) is 3.78. The summed E-state index contributed by atoms with van der Waals surface area (Å²) in [6, 6.07) is -3.18. The smallest absolute Gasteiger partial charge is 0.297 e. The summed E-state index contributed by atoms with van der Waals surface area (Å²) >= 11 is 0. The SMILES string of the molecule is COC1=CC(F)(F)C(N=NC2C=CC=CC2(F)F)C=C1. The fourth-order valence-electron chi connectivity index (χ4n) is 1.72. The van der Waals surface area contributed by atoms with Crippen molar-refractivity contribution in [2.75, 3.05) is 7.11 Å². The van der Waals surface area contributed by atoms with Crippen LogP contribution in [0.3, 0.4) is 0 Å². The Morgan fingerprint density at radius 3 is 2.20 bits per heavy atom. The van der Waals surface area contributed by atoms with Crippen molar-refractivity contribution in [2.45, 2.75) is 23.9 Å². The van der Waals surface area contributed by atoms with Gasteiger partial charge < -0.3 is 4.74 Å². The van der Waals surface area contributed by atoms with E-state index in [0.717, 1.165) is 12.2 Å². The molecule has 0 saturated carbocycles. The van der Waals surface area contributed by atoms with Gasteiger partial charge in [0.1, 0.15) is 5.76 Å². The van der Waals surface area contributed by atoms with Crippen LogP contribution in [0.15, 0.2) is 58.5 Å². The average molecular weight is 288 g/mol. The minimum Gasteiger partial charge on any atom is -0.497 e. The number of hydrogen-bond acceptors (Lipinski definition) is 3. The Morgan fingerprint density at radius 1 is 1.00 bits per heavy atom. The van der Waals surface area contributed by atoms with Gasteiger partial charge in [0.15, 0.2) is 12.1 Å². The van der Waals surface area contributed by atoms with Gasteiger partial charge in [-0.3, -0.25) is 0 Å². The van der Waals surface area contributed by atoms with Crippen molar-refractivity contribution in [1.29, 1.82) is 0 Å². The topological polar surface area (TPSA) is 34.0 Å². The number of ether oxygens (including phenoxy) is 1. The van der Waals surface area contributed by atoms with Gasteiger partial charge >= 0.3 is 0 Å². The minimum absolute atomic E-state index is 0.00715. The standard InChI is InChI=1S/C13H12F4N2O/c1-20-9-5-6-11(13(16,17)8-9)19-18-10-4-2-3-7-12(10,14)15/h2-8,10-11H,1H3. The van der Waals surface area contributed by atoms with Gasteiger partial charge in [-0.25, -0.2) is 0 Å². The van der Waals surface area contributed by atoms with Crippen LogP contribution in [0.2, 0.25) is 0 Å². The van der Waals surface area contributed by atoms with Gasteiger partial charge in [-0.1, -0.05) is 18.2 Å². The van der Waals surface area contributed by atoms with E-state index in [9.17, 15) is 17.6 Å². The van der Waals surface area contributed by atoms with Crippen LogP contribution in [0.1, 0.15) is 0 Å². The van der Waals surface area contributed by atoms with Crippen molar-refractivity contribution in [2.24, 2.45) is 10.2 Å². The van der Waals surface area contributed by atoms with Crippen LogP contribution in [-0.2, 0) is 4.74 Å². The molecule has 2 unspecified atom stereocenters. The molecule has 2 aliphatic rings. The normalized spacial score (nSPS) is 30.6. The number of allylic oxidation sites excluding steroid dienone is 3. The number of methoxy groups -OCH3 is 1. The quantitative estimate of drug-likeness (QED) is 0.576. The van der Waals surface area contributed by atoms with E-state index in [2.05, 4.69) is 15.0 Å². The van der Waals surface area contributed by atoms with Crippen LogP contribution >= 0.6 is 0 Å². The lowest BCUT2D eigenvalue weighted by molar-refractivity contribution is 0.0244. The van der Waals surface area contributed by atoms with Gasteiger partial charge in [0.25, 0.3) is 11.8 Å². The van der Waals surface area contributed by atoms with E-state index >= 15 is 0 Å². The first-order valence-electron chi connectivity index (χ1n) is 5.82. The molecule has 0 radical (unpaired) electrons. The highest BCUT2D eigenvalue weighted by atomic mass is 19.3. The third kappa shape index (κ3) is 2.97. The van der Waals surface area contributed by atoms with Crippen molar-refractivity contribution >= 4 is 0 Å². The molecular formula is C13H12F4N2O. The van der Waals surface area contributed by atoms with Gasteiger partial charge in [-0.2, -0.15) is 27.8 Å². The molecule has 0 fully saturated rings. The Bertz CT molecular complexity index is 520. The van der Waals surface area contributed by atoms with Crippen LogP contribution in [0.5, 0.6) is 0 Å². The summed E-state index contributed by atoms with van der Waals surface area (Å²) in [7, 11) is 1.26. The predicted octanol–water partition coefficient (Wildman–Crippen LogP) is 3.67. The number of halogens is 4. The number of nitrogens with zero attached hydrogens (tertiary/aromatic N) is 2. The third-order valence-corrected chi connectivity index (χ3v) is 2.84. The molecule has 108 valence electrons. The highest BCUT2D eigenvalue weighted by Crippen LogP contribution is 2.32. The van der Waals surface area contributed by atoms with E-state index in [1.165, 1.54) is 25.3 Å². The van der Waals surface area contributed by atoms with Crippen LogP contribution < -0.4 is 0 Å². The number of rotatable bonds is 3. The summed E-state index contributed by atoms with van der Waals surface area (Å²) in [6.07, 6.45) is 7.29. The summed E-state index contributed by atoms with van der Waals surface area (Å²) in [5.41, 5.74) is 0. The van der Waals surface area contributed by atoms with Crippen LogP contribution in [-0.4, -0.2) is 31.0 Å². The fourth-order valence-corrected chi connectivity index (χ4v) is 1.72. The van der Waals surface area contributed by atoms with Crippen molar-refractivity contribution in [3.63, 3.8) is 0 Å². The minimum atomic E-state index is -3.33. The lowest BCUT2D eigenvalue weighted by Gasteiger charge is -2.23. The fraction of sp³-hybridized carbons (Fsp3) is 0.385. The third-order valence-electron chi connectivity index (χ3n) is 2.84. The number of alkyl halides is 4. The average Bonchev–Trinajstić information content (AvgIpc) is 2.37. The zero-order chi connectivity index (χ0) is 14.8. The second kappa shape index (κ2) is 5.22. The molecule has 0 N–H and O–H groups in total. The second-order valence-corrected chi connectivity index (χ2v) is 4.32. The van der Waals surface area contributed by atoms with Gasteiger partial charge in [0.2, 0.25) is 0 Å². The first-order chi connectivity index (χ1) is 9.35. The maximum Gasteiger partial charge on any atom is 0.297 e. The Morgan fingerprint density at radius 2 is 1.65 bits per heavy atom. The Labute approximate surface area is 113 Å². The van der Waals surface area contributed by atoms with E-state index in [0.29, 0.717) is 12.2 Å². The van der Waals surface area contributed by atoms with Crippen molar-refractivity contribution in [1.82, 2.24) is 0 Å². The summed E-state index contributed by atoms with van der Waals surface area (Å²) in [4.78, 5) is 0. The van der Waals surface area contributed by atoms with Gasteiger partial charge in [0, 0.05) is 6.08 Å². The van der Waals surface area contributed by atoms with Gasteiger partial charge in [0.05, 0.1) is 7.11 Å². The molecule has 0 bridgehead atoms. The molecule has 0 spiro atoms. The van der Waals surface area contributed by atoms with Gasteiger partial charge in [-0.05, 0) is 18.2 Å². The molecule has 3 nitrogen and oxygen atoms in total. The second-order valence-electron chi connectivity index (χ2n) is 4.32. The van der Waals surface area contributed by atoms with E-state index < -0.39 is 23.9 Å². The Balaban J connectivity index is 2.13. The first kappa shape index (κ1) is 14.5. The summed E-state index contributed by atoms with van der Waals surface area (Å²) < 4.78 is 58.8. The molecule has 0 amide bonds. The van der Waals surface area contributed by atoms with Crippen molar-refractivity contribution in [3.05, 3.63) is 48.3 Å². The molecule has 2 rings (SSSR count). The monoisotopic (exact) mass is 288 g/mol. The molecular weight excluding hydrogens is 276 g/mol. The number of hydrogen-bond donors (Lipinski definition) is 0. The summed E-state index contributed by atoms with van der Waals surface area (Å²) in [5.74, 6) is -6.56. The van der Waals surface area contributed by atoms with Crippen LogP contribution in [0, 0.1) is 0 Å². The lowest BCUT2D eigenvalue weighted by atomic mass is 10.0. The van der Waals surface area contributed by atoms with Gasteiger partial charge in [-0.15, -0.1) is 0 Å². The molecule has 0 aromatic heterocycles.